The highest BCUT2D eigenvalue weighted by Crippen LogP contribution is 2.29. The van der Waals surface area contributed by atoms with Gasteiger partial charge in [0.1, 0.15) is 0 Å². The van der Waals surface area contributed by atoms with Crippen molar-refractivity contribution in [2.24, 2.45) is 5.92 Å². The van der Waals surface area contributed by atoms with Crippen LogP contribution in [0.4, 0.5) is 0 Å². The van der Waals surface area contributed by atoms with Crippen molar-refractivity contribution in [2.75, 3.05) is 0 Å². The molecule has 2 heteroatoms. The second-order valence-corrected chi connectivity index (χ2v) is 4.73. The van der Waals surface area contributed by atoms with Gasteiger partial charge in [-0.25, -0.2) is 0 Å². The Hall–Kier alpha value is -0.630. The Kier molecular flexibility index (Phi) is 2.79. The van der Waals surface area contributed by atoms with Crippen molar-refractivity contribution in [2.45, 2.75) is 32.1 Å². The summed E-state index contributed by atoms with van der Waals surface area (Å²) in [4.78, 5) is 11.6. The van der Waals surface area contributed by atoms with E-state index in [1.807, 2.05) is 5.38 Å². The lowest BCUT2D eigenvalue weighted by atomic mass is 9.99. The van der Waals surface area contributed by atoms with E-state index in [0.717, 1.165) is 23.5 Å². The average Bonchev–Trinajstić information content (AvgIpc) is 2.76. The third kappa shape index (κ3) is 1.99. The van der Waals surface area contributed by atoms with Crippen LogP contribution in [0.5, 0.6) is 0 Å². The Labute approximate surface area is 82.8 Å². The molecular weight excluding hydrogens is 180 g/mol. The molecule has 13 heavy (non-hydrogen) atoms. The van der Waals surface area contributed by atoms with Crippen molar-refractivity contribution in [1.29, 1.82) is 0 Å². The molecule has 0 aliphatic heterocycles. The molecule has 1 heterocycles. The molecule has 1 nitrogen and oxygen atoms in total. The SMILES string of the molecule is O=Cc1sccc1CC1CCCC1. The molecule has 2 rings (SSSR count). The van der Waals surface area contributed by atoms with Gasteiger partial charge in [0, 0.05) is 0 Å². The van der Waals surface area contributed by atoms with Gasteiger partial charge in [0.15, 0.2) is 6.29 Å². The molecular formula is C11H14OS. The Morgan fingerprint density at radius 1 is 1.46 bits per heavy atom. The highest BCUT2D eigenvalue weighted by Gasteiger charge is 2.17. The molecule has 1 aliphatic carbocycles. The van der Waals surface area contributed by atoms with E-state index in [1.165, 1.54) is 31.2 Å². The summed E-state index contributed by atoms with van der Waals surface area (Å²) >= 11 is 1.56. The monoisotopic (exact) mass is 194 g/mol. The molecule has 0 unspecified atom stereocenters. The standard InChI is InChI=1S/C11H14OS/c12-8-11-10(5-6-13-11)7-9-3-1-2-4-9/h5-6,8-9H,1-4,7H2. The van der Waals surface area contributed by atoms with Gasteiger partial charge in [0.05, 0.1) is 4.88 Å². The first kappa shape index (κ1) is 8.95. The Morgan fingerprint density at radius 3 is 2.92 bits per heavy atom. The quantitative estimate of drug-likeness (QED) is 0.675. The number of aldehydes is 1. The van der Waals surface area contributed by atoms with E-state index in [9.17, 15) is 4.79 Å². The molecule has 0 saturated heterocycles. The van der Waals surface area contributed by atoms with Crippen molar-refractivity contribution >= 4 is 17.6 Å². The molecule has 0 radical (unpaired) electrons. The zero-order chi connectivity index (χ0) is 9.10. The molecule has 0 bridgehead atoms. The van der Waals surface area contributed by atoms with Gasteiger partial charge in [-0.2, -0.15) is 0 Å². The van der Waals surface area contributed by atoms with Crippen molar-refractivity contribution in [1.82, 2.24) is 0 Å². The molecule has 1 aliphatic rings. The van der Waals surface area contributed by atoms with Crippen LogP contribution < -0.4 is 0 Å². The van der Waals surface area contributed by atoms with Crippen LogP contribution in [0.25, 0.3) is 0 Å². The minimum atomic E-state index is 0.841. The number of hydrogen-bond donors (Lipinski definition) is 0. The third-order valence-electron chi connectivity index (χ3n) is 2.87. The summed E-state index contributed by atoms with van der Waals surface area (Å²) in [7, 11) is 0. The third-order valence-corrected chi connectivity index (χ3v) is 3.76. The van der Waals surface area contributed by atoms with Gasteiger partial charge in [-0.15, -0.1) is 11.3 Å². The maximum Gasteiger partial charge on any atom is 0.160 e. The van der Waals surface area contributed by atoms with E-state index >= 15 is 0 Å². The van der Waals surface area contributed by atoms with Crippen LogP contribution in [0.15, 0.2) is 11.4 Å². The van der Waals surface area contributed by atoms with Gasteiger partial charge in [0.2, 0.25) is 0 Å². The summed E-state index contributed by atoms with van der Waals surface area (Å²) in [6, 6.07) is 2.10. The van der Waals surface area contributed by atoms with Crippen molar-refractivity contribution < 1.29 is 4.79 Å². The first-order valence-electron chi connectivity index (χ1n) is 4.91. The fourth-order valence-corrected chi connectivity index (χ4v) is 2.88. The minimum absolute atomic E-state index is 0.841. The van der Waals surface area contributed by atoms with Crippen LogP contribution in [0, 0.1) is 5.92 Å². The number of hydrogen-bond acceptors (Lipinski definition) is 2. The predicted molar refractivity (Wildman–Crippen MR) is 55.4 cm³/mol. The maximum absolute atomic E-state index is 10.7. The van der Waals surface area contributed by atoms with E-state index < -0.39 is 0 Å². The molecule has 0 aromatic carbocycles. The Bertz CT molecular complexity index is 284. The van der Waals surface area contributed by atoms with Gasteiger partial charge in [0.25, 0.3) is 0 Å². The van der Waals surface area contributed by atoms with Crippen molar-refractivity contribution in [3.8, 4) is 0 Å². The number of carbonyl (C=O) groups is 1. The summed E-state index contributed by atoms with van der Waals surface area (Å²) < 4.78 is 0. The fourth-order valence-electron chi connectivity index (χ4n) is 2.14. The van der Waals surface area contributed by atoms with Gasteiger partial charge < -0.3 is 0 Å². The van der Waals surface area contributed by atoms with Crippen molar-refractivity contribution in [3.63, 3.8) is 0 Å². The van der Waals surface area contributed by atoms with Gasteiger partial charge in [-0.3, -0.25) is 4.79 Å². The minimum Gasteiger partial charge on any atom is -0.297 e. The maximum atomic E-state index is 10.7. The van der Waals surface area contributed by atoms with Crippen LogP contribution in [0.1, 0.15) is 40.9 Å². The highest BCUT2D eigenvalue weighted by atomic mass is 32.1. The number of carbonyl (C=O) groups excluding carboxylic acids is 1. The lowest BCUT2D eigenvalue weighted by Gasteiger charge is -2.06. The highest BCUT2D eigenvalue weighted by molar-refractivity contribution is 7.11. The van der Waals surface area contributed by atoms with E-state index in [-0.39, 0.29) is 0 Å². The van der Waals surface area contributed by atoms with Gasteiger partial charge >= 0.3 is 0 Å². The molecule has 1 saturated carbocycles. The van der Waals surface area contributed by atoms with Gasteiger partial charge in [-0.1, -0.05) is 25.7 Å². The molecule has 0 spiro atoms. The van der Waals surface area contributed by atoms with Crippen LogP contribution in [-0.2, 0) is 6.42 Å². The normalized spacial score (nSPS) is 17.8. The summed E-state index contributed by atoms with van der Waals surface area (Å²) in [5, 5.41) is 2.02. The van der Waals surface area contributed by atoms with E-state index in [2.05, 4.69) is 6.07 Å². The van der Waals surface area contributed by atoms with Gasteiger partial charge in [-0.05, 0) is 29.3 Å². The largest absolute Gasteiger partial charge is 0.297 e. The zero-order valence-electron chi connectivity index (χ0n) is 7.66. The van der Waals surface area contributed by atoms with Crippen LogP contribution in [-0.4, -0.2) is 6.29 Å². The Balaban J connectivity index is 2.03. The summed E-state index contributed by atoms with van der Waals surface area (Å²) in [5.41, 5.74) is 1.27. The Morgan fingerprint density at radius 2 is 2.23 bits per heavy atom. The molecule has 1 aromatic rings. The second-order valence-electron chi connectivity index (χ2n) is 3.78. The lowest BCUT2D eigenvalue weighted by molar-refractivity contribution is 0.112. The fraction of sp³-hybridized carbons (Fsp3) is 0.545. The van der Waals surface area contributed by atoms with Crippen LogP contribution in [0.3, 0.4) is 0 Å². The van der Waals surface area contributed by atoms with Crippen LogP contribution >= 0.6 is 11.3 Å². The molecule has 0 amide bonds. The molecule has 0 N–H and O–H groups in total. The molecule has 0 atom stereocenters. The van der Waals surface area contributed by atoms with E-state index in [4.69, 9.17) is 0 Å². The number of thiophene rings is 1. The average molecular weight is 194 g/mol. The molecule has 1 aromatic heterocycles. The summed E-state index contributed by atoms with van der Waals surface area (Å²) in [5.74, 6) is 0.841. The second kappa shape index (κ2) is 4.05. The van der Waals surface area contributed by atoms with Crippen LogP contribution in [0.2, 0.25) is 0 Å². The zero-order valence-corrected chi connectivity index (χ0v) is 8.48. The summed E-state index contributed by atoms with van der Waals surface area (Å²) in [6.45, 7) is 0. The first-order chi connectivity index (χ1) is 6.40. The van der Waals surface area contributed by atoms with Crippen molar-refractivity contribution in [3.05, 3.63) is 21.9 Å². The number of rotatable bonds is 3. The first-order valence-corrected chi connectivity index (χ1v) is 5.79. The topological polar surface area (TPSA) is 17.1 Å². The van der Waals surface area contributed by atoms with E-state index in [0.29, 0.717) is 0 Å². The smallest absolute Gasteiger partial charge is 0.160 e. The van der Waals surface area contributed by atoms with E-state index in [1.54, 1.807) is 11.3 Å². The predicted octanol–water partition coefficient (Wildman–Crippen LogP) is 3.29. The molecule has 70 valence electrons. The molecule has 1 fully saturated rings. The summed E-state index contributed by atoms with van der Waals surface area (Å²) in [6.07, 6.45) is 7.59. The lowest BCUT2D eigenvalue weighted by Crippen LogP contribution is -1.99.